The van der Waals surface area contributed by atoms with Crippen LogP contribution in [0.3, 0.4) is 0 Å². The van der Waals surface area contributed by atoms with Gasteiger partial charge in [-0.25, -0.2) is 0 Å². The van der Waals surface area contributed by atoms with E-state index in [0.717, 1.165) is 32.4 Å². The van der Waals surface area contributed by atoms with Crippen molar-refractivity contribution in [2.24, 2.45) is 17.1 Å². The standard InChI is InChI=1S/C16H27N3OS/c1-12-9-16(10-12,14(17)21)15(20)19-8-5-13(11-19)18-6-3-2-4-7-18/h12-13H,2-11H2,1H3,(H2,17,21). The number of nitrogens with zero attached hydrogens (tertiary/aromatic N) is 2. The number of likely N-dealkylation sites (tertiary alicyclic amines) is 2. The van der Waals surface area contributed by atoms with Crippen molar-refractivity contribution in [1.82, 2.24) is 9.80 Å². The molecule has 3 fully saturated rings. The van der Waals surface area contributed by atoms with E-state index in [1.165, 1.54) is 32.4 Å². The van der Waals surface area contributed by atoms with Crippen LogP contribution in [0.2, 0.25) is 0 Å². The minimum Gasteiger partial charge on any atom is -0.392 e. The number of carbonyl (C=O) groups is 1. The zero-order valence-corrected chi connectivity index (χ0v) is 13.8. The van der Waals surface area contributed by atoms with E-state index in [9.17, 15) is 4.79 Å². The fraction of sp³-hybridized carbons (Fsp3) is 0.875. The Bertz CT molecular complexity index is 427. The molecule has 0 radical (unpaired) electrons. The van der Waals surface area contributed by atoms with Gasteiger partial charge in [-0.15, -0.1) is 0 Å². The topological polar surface area (TPSA) is 49.6 Å². The van der Waals surface area contributed by atoms with Crippen molar-refractivity contribution in [3.63, 3.8) is 0 Å². The van der Waals surface area contributed by atoms with Crippen molar-refractivity contribution < 1.29 is 4.79 Å². The Morgan fingerprint density at radius 1 is 1.19 bits per heavy atom. The minimum atomic E-state index is -0.522. The third-order valence-corrected chi connectivity index (χ3v) is 6.02. The van der Waals surface area contributed by atoms with Gasteiger partial charge in [0, 0.05) is 19.1 Å². The van der Waals surface area contributed by atoms with Gasteiger partial charge in [-0.1, -0.05) is 25.6 Å². The summed E-state index contributed by atoms with van der Waals surface area (Å²) in [6, 6.07) is 0.551. The molecule has 3 aliphatic rings. The molecule has 1 atom stereocenters. The fourth-order valence-electron chi connectivity index (χ4n) is 4.42. The Balaban J connectivity index is 1.62. The largest absolute Gasteiger partial charge is 0.392 e. The first-order chi connectivity index (χ1) is 10.0. The van der Waals surface area contributed by atoms with Crippen LogP contribution in [0.1, 0.15) is 45.4 Å². The number of hydrogen-bond donors (Lipinski definition) is 1. The Morgan fingerprint density at radius 2 is 1.86 bits per heavy atom. The zero-order valence-electron chi connectivity index (χ0n) is 13.0. The maximum atomic E-state index is 12.9. The average Bonchev–Trinajstić information content (AvgIpc) is 2.93. The van der Waals surface area contributed by atoms with E-state index < -0.39 is 5.41 Å². The van der Waals surface area contributed by atoms with Crippen LogP contribution in [-0.2, 0) is 4.79 Å². The van der Waals surface area contributed by atoms with Crippen LogP contribution in [0, 0.1) is 11.3 Å². The van der Waals surface area contributed by atoms with Gasteiger partial charge in [-0.3, -0.25) is 9.69 Å². The molecule has 2 saturated heterocycles. The molecule has 0 aromatic carbocycles. The number of thiocarbonyl (C=S) groups is 1. The van der Waals surface area contributed by atoms with Gasteiger partial charge in [0.1, 0.15) is 0 Å². The molecule has 1 unspecified atom stereocenters. The summed E-state index contributed by atoms with van der Waals surface area (Å²) in [5.41, 5.74) is 5.39. The molecule has 3 rings (SSSR count). The van der Waals surface area contributed by atoms with Crippen LogP contribution >= 0.6 is 12.2 Å². The first-order valence-electron chi connectivity index (χ1n) is 8.36. The van der Waals surface area contributed by atoms with Gasteiger partial charge in [-0.2, -0.15) is 0 Å². The lowest BCUT2D eigenvalue weighted by molar-refractivity contribution is -0.143. The zero-order chi connectivity index (χ0) is 15.0. The quantitative estimate of drug-likeness (QED) is 0.807. The summed E-state index contributed by atoms with van der Waals surface area (Å²) in [5, 5.41) is 0. The second kappa shape index (κ2) is 5.84. The molecule has 1 amide bonds. The van der Waals surface area contributed by atoms with E-state index in [4.69, 9.17) is 18.0 Å². The average molecular weight is 309 g/mol. The number of piperidine rings is 1. The maximum Gasteiger partial charge on any atom is 0.235 e. The molecular formula is C16H27N3OS. The lowest BCUT2D eigenvalue weighted by Crippen LogP contribution is -2.57. The predicted octanol–water partition coefficient (Wildman–Crippen LogP) is 1.78. The molecule has 2 aliphatic heterocycles. The van der Waals surface area contributed by atoms with Gasteiger partial charge in [-0.05, 0) is 51.1 Å². The molecule has 0 aromatic heterocycles. The highest BCUT2D eigenvalue weighted by Gasteiger charge is 2.53. The first-order valence-corrected chi connectivity index (χ1v) is 8.77. The van der Waals surface area contributed by atoms with Gasteiger partial charge in [0.05, 0.1) is 10.4 Å². The van der Waals surface area contributed by atoms with Crippen molar-refractivity contribution in [2.45, 2.75) is 51.5 Å². The van der Waals surface area contributed by atoms with E-state index in [1.54, 1.807) is 0 Å². The third-order valence-electron chi connectivity index (χ3n) is 5.63. The molecule has 21 heavy (non-hydrogen) atoms. The van der Waals surface area contributed by atoms with Gasteiger partial charge in [0.15, 0.2) is 0 Å². The third kappa shape index (κ3) is 2.70. The van der Waals surface area contributed by atoms with Crippen LogP contribution in [-0.4, -0.2) is 52.9 Å². The summed E-state index contributed by atoms with van der Waals surface area (Å²) < 4.78 is 0. The summed E-state index contributed by atoms with van der Waals surface area (Å²) in [7, 11) is 0. The Labute approximate surface area is 133 Å². The minimum absolute atomic E-state index is 0.201. The molecule has 0 bridgehead atoms. The van der Waals surface area contributed by atoms with Crippen molar-refractivity contribution in [2.75, 3.05) is 26.2 Å². The fourth-order valence-corrected chi connectivity index (χ4v) is 4.68. The second-order valence-electron chi connectivity index (χ2n) is 7.25. The highest BCUT2D eigenvalue weighted by Crippen LogP contribution is 2.47. The van der Waals surface area contributed by atoms with Crippen molar-refractivity contribution in [3.05, 3.63) is 0 Å². The normalized spacial score (nSPS) is 37.3. The molecule has 0 spiro atoms. The molecule has 4 nitrogen and oxygen atoms in total. The molecule has 0 aromatic rings. The van der Waals surface area contributed by atoms with Crippen LogP contribution in [0.25, 0.3) is 0 Å². The van der Waals surface area contributed by atoms with Crippen LogP contribution in [0.15, 0.2) is 0 Å². The second-order valence-corrected chi connectivity index (χ2v) is 7.69. The molecular weight excluding hydrogens is 282 g/mol. The molecule has 118 valence electrons. The van der Waals surface area contributed by atoms with Crippen molar-refractivity contribution in [3.8, 4) is 0 Å². The van der Waals surface area contributed by atoms with Crippen LogP contribution < -0.4 is 5.73 Å². The number of carbonyl (C=O) groups excluding carboxylic acids is 1. The highest BCUT2D eigenvalue weighted by molar-refractivity contribution is 7.80. The van der Waals surface area contributed by atoms with Gasteiger partial charge < -0.3 is 10.6 Å². The summed E-state index contributed by atoms with van der Waals surface area (Å²) in [4.78, 5) is 17.9. The number of rotatable bonds is 3. The van der Waals surface area contributed by atoms with Crippen molar-refractivity contribution >= 4 is 23.1 Å². The molecule has 2 heterocycles. The van der Waals surface area contributed by atoms with Gasteiger partial charge in [0.25, 0.3) is 0 Å². The van der Waals surface area contributed by atoms with Crippen molar-refractivity contribution in [1.29, 1.82) is 0 Å². The van der Waals surface area contributed by atoms with Crippen LogP contribution in [0.5, 0.6) is 0 Å². The van der Waals surface area contributed by atoms with E-state index >= 15 is 0 Å². The number of amides is 1. The first kappa shape index (κ1) is 15.2. The predicted molar refractivity (Wildman–Crippen MR) is 88.0 cm³/mol. The Kier molecular flexibility index (Phi) is 4.23. The summed E-state index contributed by atoms with van der Waals surface area (Å²) >= 11 is 5.22. The van der Waals surface area contributed by atoms with E-state index in [1.807, 2.05) is 4.90 Å². The molecule has 5 heteroatoms. The van der Waals surface area contributed by atoms with Crippen LogP contribution in [0.4, 0.5) is 0 Å². The Hall–Kier alpha value is -0.680. The lowest BCUT2D eigenvalue weighted by atomic mass is 9.61. The molecule has 2 N–H and O–H groups in total. The van der Waals surface area contributed by atoms with E-state index in [-0.39, 0.29) is 5.91 Å². The Morgan fingerprint density at radius 3 is 2.43 bits per heavy atom. The van der Waals surface area contributed by atoms with Gasteiger partial charge in [0.2, 0.25) is 5.91 Å². The monoisotopic (exact) mass is 309 g/mol. The highest BCUT2D eigenvalue weighted by atomic mass is 32.1. The van der Waals surface area contributed by atoms with Gasteiger partial charge >= 0.3 is 0 Å². The lowest BCUT2D eigenvalue weighted by Gasteiger charge is -2.46. The summed E-state index contributed by atoms with van der Waals surface area (Å²) in [5.74, 6) is 0.767. The number of nitrogens with two attached hydrogens (primary N) is 1. The molecule has 1 saturated carbocycles. The summed E-state index contributed by atoms with van der Waals surface area (Å²) in [6.45, 7) is 6.31. The smallest absolute Gasteiger partial charge is 0.235 e. The SMILES string of the molecule is CC1CC(C(=O)N2CCC(N3CCCCC3)C2)(C(N)=S)C1. The summed E-state index contributed by atoms with van der Waals surface area (Å²) in [6.07, 6.45) is 6.75. The maximum absolute atomic E-state index is 12.9. The van der Waals surface area contributed by atoms with E-state index in [0.29, 0.717) is 16.9 Å². The number of hydrogen-bond acceptors (Lipinski definition) is 3. The molecule has 1 aliphatic carbocycles. The van der Waals surface area contributed by atoms with E-state index in [2.05, 4.69) is 11.8 Å².